The third-order valence-electron chi connectivity index (χ3n) is 5.46. The molecule has 0 heterocycles. The summed E-state index contributed by atoms with van der Waals surface area (Å²) in [4.78, 5) is 27.9. The Kier molecular flexibility index (Phi) is 9.86. The molecule has 6 heteroatoms. The first kappa shape index (κ1) is 24.7. The van der Waals surface area contributed by atoms with Gasteiger partial charge in [0.05, 0.1) is 7.11 Å². The molecular formula is C25H33ClN2O3. The lowest BCUT2D eigenvalue weighted by molar-refractivity contribution is -0.141. The van der Waals surface area contributed by atoms with Crippen LogP contribution in [0, 0.1) is 0 Å². The third kappa shape index (κ3) is 7.28. The monoisotopic (exact) mass is 444 g/mol. The summed E-state index contributed by atoms with van der Waals surface area (Å²) in [5.74, 6) is 0.570. The Balaban J connectivity index is 2.22. The van der Waals surface area contributed by atoms with Crippen molar-refractivity contribution < 1.29 is 14.3 Å². The van der Waals surface area contributed by atoms with E-state index in [1.165, 1.54) is 0 Å². The van der Waals surface area contributed by atoms with Crippen LogP contribution in [0.15, 0.2) is 48.5 Å². The van der Waals surface area contributed by atoms with E-state index in [-0.39, 0.29) is 24.3 Å². The lowest BCUT2D eigenvalue weighted by Crippen LogP contribution is -2.50. The lowest BCUT2D eigenvalue weighted by Gasteiger charge is -2.31. The number of amides is 2. The van der Waals surface area contributed by atoms with Crippen molar-refractivity contribution in [2.75, 3.05) is 7.11 Å². The zero-order valence-electron chi connectivity index (χ0n) is 18.9. The predicted octanol–water partition coefficient (Wildman–Crippen LogP) is 5.00. The summed E-state index contributed by atoms with van der Waals surface area (Å²) in [6, 6.07) is 14.6. The van der Waals surface area contributed by atoms with Gasteiger partial charge in [0.1, 0.15) is 11.8 Å². The van der Waals surface area contributed by atoms with E-state index in [0.29, 0.717) is 24.4 Å². The lowest BCUT2D eigenvalue weighted by atomic mass is 10.1. The first-order valence-electron chi connectivity index (χ1n) is 10.9. The molecule has 0 saturated carbocycles. The van der Waals surface area contributed by atoms with Gasteiger partial charge in [-0.3, -0.25) is 9.59 Å². The van der Waals surface area contributed by atoms with Crippen molar-refractivity contribution >= 4 is 23.4 Å². The Bertz CT molecular complexity index is 854. The van der Waals surface area contributed by atoms with Crippen LogP contribution < -0.4 is 10.1 Å². The summed E-state index contributed by atoms with van der Waals surface area (Å²) in [6.07, 6.45) is 2.19. The van der Waals surface area contributed by atoms with Crippen LogP contribution in [0.1, 0.15) is 51.2 Å². The molecule has 0 spiro atoms. The minimum Gasteiger partial charge on any atom is -0.497 e. The number of nitrogens with zero attached hydrogens (tertiary/aromatic N) is 1. The smallest absolute Gasteiger partial charge is 0.243 e. The van der Waals surface area contributed by atoms with Crippen molar-refractivity contribution in [2.45, 2.75) is 65.1 Å². The Morgan fingerprint density at radius 2 is 1.74 bits per heavy atom. The number of hydrogen-bond acceptors (Lipinski definition) is 3. The van der Waals surface area contributed by atoms with Crippen LogP contribution in [0.4, 0.5) is 0 Å². The highest BCUT2D eigenvalue weighted by atomic mass is 35.5. The summed E-state index contributed by atoms with van der Waals surface area (Å²) in [6.45, 7) is 6.29. The SMILES string of the molecule is CC[C@@H](C)NC(=O)[C@H](CC)N(Cc1ccc(OC)cc1)C(=O)CCc1ccccc1Cl. The number of nitrogens with one attached hydrogen (secondary N) is 1. The molecule has 2 atom stereocenters. The number of aryl methyl sites for hydroxylation is 1. The molecule has 31 heavy (non-hydrogen) atoms. The largest absolute Gasteiger partial charge is 0.497 e. The van der Waals surface area contributed by atoms with E-state index in [1.807, 2.05) is 69.3 Å². The van der Waals surface area contributed by atoms with Crippen LogP contribution in [0.2, 0.25) is 5.02 Å². The summed E-state index contributed by atoms with van der Waals surface area (Å²) >= 11 is 6.26. The fourth-order valence-electron chi connectivity index (χ4n) is 3.37. The summed E-state index contributed by atoms with van der Waals surface area (Å²) in [5.41, 5.74) is 1.88. The van der Waals surface area contributed by atoms with Gasteiger partial charge in [-0.25, -0.2) is 0 Å². The van der Waals surface area contributed by atoms with Crippen LogP contribution in [0.25, 0.3) is 0 Å². The van der Waals surface area contributed by atoms with Gasteiger partial charge in [0.2, 0.25) is 11.8 Å². The molecule has 0 aromatic heterocycles. The van der Waals surface area contributed by atoms with Gasteiger partial charge in [0, 0.05) is 24.0 Å². The number of halogens is 1. The summed E-state index contributed by atoms with van der Waals surface area (Å²) in [7, 11) is 1.62. The number of methoxy groups -OCH3 is 1. The number of benzene rings is 2. The fraction of sp³-hybridized carbons (Fsp3) is 0.440. The zero-order chi connectivity index (χ0) is 22.8. The van der Waals surface area contributed by atoms with Gasteiger partial charge in [0.25, 0.3) is 0 Å². The second-order valence-electron chi connectivity index (χ2n) is 7.70. The maximum atomic E-state index is 13.3. The average Bonchev–Trinajstić information content (AvgIpc) is 2.78. The Hall–Kier alpha value is -2.53. The van der Waals surface area contributed by atoms with E-state index in [2.05, 4.69) is 5.32 Å². The number of ether oxygens (including phenoxy) is 1. The molecule has 0 radical (unpaired) electrons. The zero-order valence-corrected chi connectivity index (χ0v) is 19.6. The van der Waals surface area contributed by atoms with E-state index >= 15 is 0 Å². The van der Waals surface area contributed by atoms with Crippen LogP contribution in [0.5, 0.6) is 5.75 Å². The number of hydrogen-bond donors (Lipinski definition) is 1. The van der Waals surface area contributed by atoms with Crippen LogP contribution >= 0.6 is 11.6 Å². The second kappa shape index (κ2) is 12.4. The van der Waals surface area contributed by atoms with Crippen molar-refractivity contribution in [3.8, 4) is 5.75 Å². The quantitative estimate of drug-likeness (QED) is 0.530. The molecule has 0 aliphatic rings. The molecule has 0 aliphatic carbocycles. The molecule has 0 bridgehead atoms. The molecule has 2 amide bonds. The van der Waals surface area contributed by atoms with E-state index in [4.69, 9.17) is 16.3 Å². The first-order valence-corrected chi connectivity index (χ1v) is 11.2. The molecule has 1 N–H and O–H groups in total. The summed E-state index contributed by atoms with van der Waals surface area (Å²) in [5, 5.41) is 3.68. The van der Waals surface area contributed by atoms with Gasteiger partial charge >= 0.3 is 0 Å². The second-order valence-corrected chi connectivity index (χ2v) is 8.11. The van der Waals surface area contributed by atoms with Gasteiger partial charge in [0.15, 0.2) is 0 Å². The Labute approximate surface area is 190 Å². The van der Waals surface area contributed by atoms with E-state index < -0.39 is 6.04 Å². The van der Waals surface area contributed by atoms with E-state index in [9.17, 15) is 9.59 Å². The molecular weight excluding hydrogens is 412 g/mol. The van der Waals surface area contributed by atoms with Gasteiger partial charge in [-0.2, -0.15) is 0 Å². The number of carbonyl (C=O) groups is 2. The third-order valence-corrected chi connectivity index (χ3v) is 5.83. The van der Waals surface area contributed by atoms with Crippen molar-refractivity contribution in [3.05, 3.63) is 64.7 Å². The molecule has 168 valence electrons. The van der Waals surface area contributed by atoms with Gasteiger partial charge in [-0.1, -0.05) is 55.8 Å². The molecule has 0 unspecified atom stereocenters. The molecule has 0 fully saturated rings. The average molecular weight is 445 g/mol. The first-order chi connectivity index (χ1) is 14.9. The minimum absolute atomic E-state index is 0.0580. The van der Waals surface area contributed by atoms with Crippen molar-refractivity contribution in [1.29, 1.82) is 0 Å². The molecule has 2 aromatic carbocycles. The van der Waals surface area contributed by atoms with Crippen LogP contribution in [-0.4, -0.2) is 35.9 Å². The molecule has 0 saturated heterocycles. The Morgan fingerprint density at radius 1 is 1.06 bits per heavy atom. The topological polar surface area (TPSA) is 58.6 Å². The molecule has 5 nitrogen and oxygen atoms in total. The summed E-state index contributed by atoms with van der Waals surface area (Å²) < 4.78 is 5.23. The van der Waals surface area contributed by atoms with E-state index in [1.54, 1.807) is 12.0 Å². The minimum atomic E-state index is -0.533. The van der Waals surface area contributed by atoms with Crippen LogP contribution in [0.3, 0.4) is 0 Å². The highest BCUT2D eigenvalue weighted by Crippen LogP contribution is 2.20. The molecule has 2 aromatic rings. The molecule has 0 aliphatic heterocycles. The highest BCUT2D eigenvalue weighted by Gasteiger charge is 2.29. The van der Waals surface area contributed by atoms with Gasteiger partial charge in [-0.15, -0.1) is 0 Å². The van der Waals surface area contributed by atoms with Crippen LogP contribution in [-0.2, 0) is 22.6 Å². The molecule has 2 rings (SSSR count). The van der Waals surface area contributed by atoms with Gasteiger partial charge in [-0.05, 0) is 55.5 Å². The van der Waals surface area contributed by atoms with Crippen molar-refractivity contribution in [3.63, 3.8) is 0 Å². The predicted molar refractivity (Wildman–Crippen MR) is 125 cm³/mol. The van der Waals surface area contributed by atoms with E-state index in [0.717, 1.165) is 23.3 Å². The number of rotatable bonds is 11. The standard InChI is InChI=1S/C25H33ClN2O3/c1-5-18(3)27-25(30)23(6-2)28(17-19-11-14-21(31-4)15-12-19)24(29)16-13-20-9-7-8-10-22(20)26/h7-12,14-15,18,23H,5-6,13,16-17H2,1-4H3,(H,27,30)/t18-,23+/m1/s1. The Morgan fingerprint density at radius 3 is 2.32 bits per heavy atom. The van der Waals surface area contributed by atoms with Crippen molar-refractivity contribution in [2.24, 2.45) is 0 Å². The van der Waals surface area contributed by atoms with Gasteiger partial charge < -0.3 is 15.0 Å². The fourth-order valence-corrected chi connectivity index (χ4v) is 3.60. The normalized spacial score (nSPS) is 12.7. The maximum Gasteiger partial charge on any atom is 0.243 e. The number of carbonyl (C=O) groups excluding carboxylic acids is 2. The highest BCUT2D eigenvalue weighted by molar-refractivity contribution is 6.31. The van der Waals surface area contributed by atoms with Crippen molar-refractivity contribution in [1.82, 2.24) is 10.2 Å². The maximum absolute atomic E-state index is 13.3.